The van der Waals surface area contributed by atoms with Crippen LogP contribution < -0.4 is 11.1 Å². The van der Waals surface area contributed by atoms with Crippen molar-refractivity contribution in [3.05, 3.63) is 18.3 Å². The number of aliphatic hydroxyl groups is 1. The fraction of sp³-hybridized carbons (Fsp3) is 0.500. The molecule has 4 nitrogen and oxygen atoms in total. The highest BCUT2D eigenvalue weighted by Crippen LogP contribution is 2.34. The van der Waals surface area contributed by atoms with Crippen LogP contribution in [0.3, 0.4) is 0 Å². The van der Waals surface area contributed by atoms with E-state index in [1.165, 1.54) is 6.42 Å². The minimum atomic E-state index is -0.113. The number of nitrogens with one attached hydrogen (secondary N) is 1. The van der Waals surface area contributed by atoms with Gasteiger partial charge in [0.1, 0.15) is 5.82 Å². The van der Waals surface area contributed by atoms with E-state index >= 15 is 0 Å². The Labute approximate surface area is 83.2 Å². The van der Waals surface area contributed by atoms with Crippen LogP contribution in [0.25, 0.3) is 0 Å². The van der Waals surface area contributed by atoms with Crippen molar-refractivity contribution in [2.45, 2.75) is 24.8 Å². The lowest BCUT2D eigenvalue weighted by molar-refractivity contribution is 0.144. The molecule has 0 aliphatic heterocycles. The van der Waals surface area contributed by atoms with Crippen LogP contribution in [0.4, 0.5) is 11.5 Å². The summed E-state index contributed by atoms with van der Waals surface area (Å²) in [6.45, 7) is 0.178. The first kappa shape index (κ1) is 9.27. The number of aromatic nitrogens is 1. The first-order valence-electron chi connectivity index (χ1n) is 4.85. The molecule has 1 aromatic rings. The van der Waals surface area contributed by atoms with Crippen LogP contribution in [0.5, 0.6) is 0 Å². The summed E-state index contributed by atoms with van der Waals surface area (Å²) in [5, 5.41) is 12.5. The summed E-state index contributed by atoms with van der Waals surface area (Å²) in [6, 6.07) is 3.64. The normalized spacial score (nSPS) is 18.6. The van der Waals surface area contributed by atoms with Gasteiger partial charge >= 0.3 is 0 Å². The van der Waals surface area contributed by atoms with Crippen molar-refractivity contribution in [1.82, 2.24) is 4.98 Å². The SMILES string of the molecule is Nc1ccc(NC2(CO)CCC2)cn1. The molecule has 1 aliphatic carbocycles. The molecular weight excluding hydrogens is 178 g/mol. The standard InChI is InChI=1S/C10H15N3O/c11-9-3-2-8(6-12-9)13-10(7-14)4-1-5-10/h2-3,6,13-14H,1,4-5,7H2,(H2,11,12). The quantitative estimate of drug-likeness (QED) is 0.669. The number of anilines is 2. The van der Waals surface area contributed by atoms with E-state index in [2.05, 4.69) is 10.3 Å². The molecule has 1 saturated carbocycles. The van der Waals surface area contributed by atoms with Crippen molar-refractivity contribution >= 4 is 11.5 Å². The Morgan fingerprint density at radius 1 is 1.50 bits per heavy atom. The third-order valence-corrected chi connectivity index (χ3v) is 2.81. The molecule has 1 fully saturated rings. The van der Waals surface area contributed by atoms with Gasteiger partial charge in [0, 0.05) is 0 Å². The van der Waals surface area contributed by atoms with Gasteiger partial charge in [-0.25, -0.2) is 4.98 Å². The fourth-order valence-electron chi connectivity index (χ4n) is 1.71. The number of rotatable bonds is 3. The molecule has 0 radical (unpaired) electrons. The Balaban J connectivity index is 2.06. The van der Waals surface area contributed by atoms with Gasteiger partial charge in [0.15, 0.2) is 0 Å². The van der Waals surface area contributed by atoms with Gasteiger partial charge in [-0.1, -0.05) is 0 Å². The molecule has 0 unspecified atom stereocenters. The maximum absolute atomic E-state index is 9.24. The van der Waals surface area contributed by atoms with Gasteiger partial charge < -0.3 is 16.2 Å². The lowest BCUT2D eigenvalue weighted by atomic mass is 9.77. The van der Waals surface area contributed by atoms with Gasteiger partial charge in [-0.2, -0.15) is 0 Å². The number of nitrogen functional groups attached to an aromatic ring is 1. The number of nitrogens with zero attached hydrogens (tertiary/aromatic N) is 1. The zero-order chi connectivity index (χ0) is 10.0. The molecular formula is C10H15N3O. The lowest BCUT2D eigenvalue weighted by Gasteiger charge is -2.41. The van der Waals surface area contributed by atoms with Gasteiger partial charge in [-0.05, 0) is 31.4 Å². The second-order valence-corrected chi connectivity index (χ2v) is 3.89. The van der Waals surface area contributed by atoms with Crippen LogP contribution in [-0.4, -0.2) is 22.2 Å². The smallest absolute Gasteiger partial charge is 0.123 e. The van der Waals surface area contributed by atoms with Crippen LogP contribution in [0.2, 0.25) is 0 Å². The summed E-state index contributed by atoms with van der Waals surface area (Å²) in [5.41, 5.74) is 6.29. The van der Waals surface area contributed by atoms with Crippen molar-refractivity contribution < 1.29 is 5.11 Å². The zero-order valence-electron chi connectivity index (χ0n) is 8.03. The van der Waals surface area contributed by atoms with E-state index < -0.39 is 0 Å². The highest BCUT2D eigenvalue weighted by molar-refractivity contribution is 5.47. The van der Waals surface area contributed by atoms with Crippen LogP contribution in [-0.2, 0) is 0 Å². The maximum Gasteiger partial charge on any atom is 0.123 e. The monoisotopic (exact) mass is 193 g/mol. The molecule has 14 heavy (non-hydrogen) atoms. The Morgan fingerprint density at radius 2 is 2.29 bits per heavy atom. The van der Waals surface area contributed by atoms with E-state index in [4.69, 9.17) is 5.73 Å². The van der Waals surface area contributed by atoms with Crippen molar-refractivity contribution in [2.24, 2.45) is 0 Å². The molecule has 1 aliphatic rings. The van der Waals surface area contributed by atoms with E-state index in [0.29, 0.717) is 5.82 Å². The molecule has 0 spiro atoms. The lowest BCUT2D eigenvalue weighted by Crippen LogP contribution is -2.48. The van der Waals surface area contributed by atoms with Crippen molar-refractivity contribution in [1.29, 1.82) is 0 Å². The number of nitrogens with two attached hydrogens (primary N) is 1. The molecule has 0 atom stereocenters. The first-order chi connectivity index (χ1) is 6.74. The topological polar surface area (TPSA) is 71.2 Å². The zero-order valence-corrected chi connectivity index (χ0v) is 8.03. The maximum atomic E-state index is 9.24. The van der Waals surface area contributed by atoms with Crippen LogP contribution in [0, 0.1) is 0 Å². The van der Waals surface area contributed by atoms with Crippen LogP contribution in [0.1, 0.15) is 19.3 Å². The highest BCUT2D eigenvalue weighted by Gasteiger charge is 2.36. The molecule has 0 aromatic carbocycles. The van der Waals surface area contributed by atoms with Gasteiger partial charge in [0.05, 0.1) is 24.0 Å². The largest absolute Gasteiger partial charge is 0.394 e. The predicted molar refractivity (Wildman–Crippen MR) is 55.9 cm³/mol. The van der Waals surface area contributed by atoms with Crippen molar-refractivity contribution in [2.75, 3.05) is 17.7 Å². The van der Waals surface area contributed by atoms with E-state index in [9.17, 15) is 5.11 Å². The second-order valence-electron chi connectivity index (χ2n) is 3.89. The third kappa shape index (κ3) is 1.65. The minimum absolute atomic E-state index is 0.113. The van der Waals surface area contributed by atoms with Gasteiger partial charge in [-0.3, -0.25) is 0 Å². The second kappa shape index (κ2) is 3.46. The molecule has 1 heterocycles. The average molecular weight is 193 g/mol. The van der Waals surface area contributed by atoms with Crippen molar-refractivity contribution in [3.8, 4) is 0 Å². The first-order valence-corrected chi connectivity index (χ1v) is 4.85. The van der Waals surface area contributed by atoms with Crippen LogP contribution in [0.15, 0.2) is 18.3 Å². The number of aliphatic hydroxyl groups excluding tert-OH is 1. The van der Waals surface area contributed by atoms with E-state index in [0.717, 1.165) is 18.5 Å². The van der Waals surface area contributed by atoms with Gasteiger partial charge in [0.25, 0.3) is 0 Å². The van der Waals surface area contributed by atoms with E-state index in [1.54, 1.807) is 12.3 Å². The van der Waals surface area contributed by atoms with Gasteiger partial charge in [-0.15, -0.1) is 0 Å². The predicted octanol–water partition coefficient (Wildman–Crippen LogP) is 0.991. The molecule has 0 bridgehead atoms. The summed E-state index contributed by atoms with van der Waals surface area (Å²) in [6.07, 6.45) is 4.92. The van der Waals surface area contributed by atoms with Crippen LogP contribution >= 0.6 is 0 Å². The molecule has 4 N–H and O–H groups in total. The summed E-state index contributed by atoms with van der Waals surface area (Å²) in [7, 11) is 0. The summed E-state index contributed by atoms with van der Waals surface area (Å²) in [4.78, 5) is 3.99. The summed E-state index contributed by atoms with van der Waals surface area (Å²) in [5.74, 6) is 0.516. The highest BCUT2D eigenvalue weighted by atomic mass is 16.3. The Morgan fingerprint density at radius 3 is 2.71 bits per heavy atom. The number of hydrogen-bond acceptors (Lipinski definition) is 4. The Hall–Kier alpha value is -1.29. The summed E-state index contributed by atoms with van der Waals surface area (Å²) < 4.78 is 0. The summed E-state index contributed by atoms with van der Waals surface area (Å²) >= 11 is 0. The van der Waals surface area contributed by atoms with Gasteiger partial charge in [0.2, 0.25) is 0 Å². The van der Waals surface area contributed by atoms with E-state index in [-0.39, 0.29) is 12.1 Å². The molecule has 1 aromatic heterocycles. The molecule has 0 saturated heterocycles. The number of pyridine rings is 1. The van der Waals surface area contributed by atoms with Crippen molar-refractivity contribution in [3.63, 3.8) is 0 Å². The molecule has 2 rings (SSSR count). The number of hydrogen-bond donors (Lipinski definition) is 3. The van der Waals surface area contributed by atoms with E-state index in [1.807, 2.05) is 6.07 Å². The Bertz CT molecular complexity index is 300. The minimum Gasteiger partial charge on any atom is -0.394 e. The fourth-order valence-corrected chi connectivity index (χ4v) is 1.71. The third-order valence-electron chi connectivity index (χ3n) is 2.81. The molecule has 76 valence electrons. The average Bonchev–Trinajstić information content (AvgIpc) is 2.15. The molecule has 0 amide bonds. The Kier molecular flexibility index (Phi) is 2.29. The molecule has 4 heteroatoms.